The normalized spacial score (nSPS) is 22.5. The minimum atomic E-state index is -4.47. The number of aromatic nitrogens is 4. The fraction of sp³-hybridized carbons (Fsp3) is 0.500. The molecule has 2 aliphatic rings. The van der Waals surface area contributed by atoms with E-state index in [1.165, 1.54) is 4.90 Å². The lowest BCUT2D eigenvalue weighted by Crippen LogP contribution is -2.48. The van der Waals surface area contributed by atoms with Crippen molar-refractivity contribution in [2.75, 3.05) is 13.1 Å². The van der Waals surface area contributed by atoms with Gasteiger partial charge >= 0.3 is 6.18 Å². The molecule has 0 spiro atoms. The second-order valence-electron chi connectivity index (χ2n) is 7.51. The average molecular weight is 377 g/mol. The SMILES string of the molecule is O=C(N1CCCC(n2cnc3cnc4[nH]ccc4c32)C1)C1(C(F)(F)F)CC1. The van der Waals surface area contributed by atoms with Crippen molar-refractivity contribution >= 4 is 28.0 Å². The van der Waals surface area contributed by atoms with Gasteiger partial charge in [0.2, 0.25) is 5.91 Å². The Labute approximate surface area is 152 Å². The number of hydrogen-bond acceptors (Lipinski definition) is 3. The highest BCUT2D eigenvalue weighted by Crippen LogP contribution is 2.58. The van der Waals surface area contributed by atoms with Crippen molar-refractivity contribution in [3.63, 3.8) is 0 Å². The zero-order valence-electron chi connectivity index (χ0n) is 14.5. The first-order valence-corrected chi connectivity index (χ1v) is 9.05. The van der Waals surface area contributed by atoms with Crippen LogP contribution in [0, 0.1) is 5.41 Å². The second kappa shape index (κ2) is 5.46. The zero-order chi connectivity index (χ0) is 18.8. The first kappa shape index (κ1) is 16.6. The van der Waals surface area contributed by atoms with Crippen molar-refractivity contribution in [3.8, 4) is 0 Å². The van der Waals surface area contributed by atoms with E-state index in [4.69, 9.17) is 0 Å². The Morgan fingerprint density at radius 2 is 2.11 bits per heavy atom. The maximum absolute atomic E-state index is 13.3. The summed E-state index contributed by atoms with van der Waals surface area (Å²) in [5.41, 5.74) is 0.225. The Morgan fingerprint density at radius 3 is 2.85 bits per heavy atom. The zero-order valence-corrected chi connectivity index (χ0v) is 14.5. The number of rotatable bonds is 2. The number of alkyl halides is 3. The molecular weight excluding hydrogens is 359 g/mol. The standard InChI is InChI=1S/C18H18F3N5O/c19-18(20,21)17(4-5-17)16(27)25-7-1-2-11(9-25)26-10-24-13-8-23-15-12(14(13)26)3-6-22-15/h3,6,8,10-11H,1-2,4-5,7,9H2,(H,22,23). The van der Waals surface area contributed by atoms with Gasteiger partial charge in [0.15, 0.2) is 0 Å². The number of halogens is 3. The van der Waals surface area contributed by atoms with Crippen molar-refractivity contribution < 1.29 is 18.0 Å². The monoisotopic (exact) mass is 377 g/mol. The fourth-order valence-corrected chi connectivity index (χ4v) is 4.22. The molecule has 6 nitrogen and oxygen atoms in total. The molecule has 2 fully saturated rings. The Kier molecular flexibility index (Phi) is 3.36. The van der Waals surface area contributed by atoms with Gasteiger partial charge in [-0.3, -0.25) is 4.79 Å². The second-order valence-corrected chi connectivity index (χ2v) is 7.51. The van der Waals surface area contributed by atoms with Crippen LogP contribution in [0.25, 0.3) is 22.1 Å². The van der Waals surface area contributed by atoms with E-state index in [2.05, 4.69) is 15.0 Å². The fourth-order valence-electron chi connectivity index (χ4n) is 4.22. The van der Waals surface area contributed by atoms with Crippen LogP contribution < -0.4 is 0 Å². The van der Waals surface area contributed by atoms with E-state index in [1.54, 1.807) is 18.7 Å². The molecule has 9 heteroatoms. The van der Waals surface area contributed by atoms with Gasteiger partial charge in [0.1, 0.15) is 16.6 Å². The predicted octanol–water partition coefficient (Wildman–Crippen LogP) is 3.42. The van der Waals surface area contributed by atoms with E-state index >= 15 is 0 Å². The number of likely N-dealkylation sites (tertiary alicyclic amines) is 1. The molecule has 1 aliphatic carbocycles. The molecule has 0 bridgehead atoms. The van der Waals surface area contributed by atoms with Gasteiger partial charge in [-0.15, -0.1) is 0 Å². The van der Waals surface area contributed by atoms with Crippen LogP contribution in [0.4, 0.5) is 13.2 Å². The number of H-pyrrole nitrogens is 1. The largest absolute Gasteiger partial charge is 0.403 e. The summed E-state index contributed by atoms with van der Waals surface area (Å²) in [7, 11) is 0. The van der Waals surface area contributed by atoms with E-state index in [-0.39, 0.29) is 25.4 Å². The smallest absolute Gasteiger partial charge is 0.346 e. The minimum Gasteiger partial charge on any atom is -0.346 e. The lowest BCUT2D eigenvalue weighted by molar-refractivity contribution is -0.199. The number of hydrogen-bond donors (Lipinski definition) is 1. The molecule has 3 aromatic heterocycles. The number of carbonyl (C=O) groups is 1. The van der Waals surface area contributed by atoms with Gasteiger partial charge < -0.3 is 14.5 Å². The van der Waals surface area contributed by atoms with Crippen LogP contribution in [-0.2, 0) is 4.79 Å². The van der Waals surface area contributed by atoms with Crippen LogP contribution in [0.15, 0.2) is 24.8 Å². The molecule has 3 aromatic rings. The molecule has 0 aromatic carbocycles. The van der Waals surface area contributed by atoms with Gasteiger partial charge in [-0.2, -0.15) is 13.2 Å². The molecule has 0 radical (unpaired) electrons. The number of imidazole rings is 1. The first-order chi connectivity index (χ1) is 12.9. The van der Waals surface area contributed by atoms with Crippen LogP contribution in [0.2, 0.25) is 0 Å². The van der Waals surface area contributed by atoms with E-state index in [1.807, 2.05) is 10.6 Å². The molecule has 1 saturated carbocycles. The van der Waals surface area contributed by atoms with Gasteiger partial charge in [-0.05, 0) is 31.7 Å². The summed E-state index contributed by atoms with van der Waals surface area (Å²) in [6, 6.07) is 1.81. The van der Waals surface area contributed by atoms with Crippen molar-refractivity contribution in [2.45, 2.75) is 37.9 Å². The molecule has 1 amide bonds. The highest BCUT2D eigenvalue weighted by atomic mass is 19.4. The molecule has 142 valence electrons. The number of fused-ring (bicyclic) bond motifs is 3. The number of aromatic amines is 1. The lowest BCUT2D eigenvalue weighted by atomic mass is 9.99. The highest BCUT2D eigenvalue weighted by molar-refractivity contribution is 6.01. The van der Waals surface area contributed by atoms with Crippen LogP contribution >= 0.6 is 0 Å². The number of piperidine rings is 1. The number of nitrogens with zero attached hydrogens (tertiary/aromatic N) is 4. The molecule has 1 aliphatic heterocycles. The maximum atomic E-state index is 13.3. The molecule has 1 saturated heterocycles. The maximum Gasteiger partial charge on any atom is 0.403 e. The summed E-state index contributed by atoms with van der Waals surface area (Å²) >= 11 is 0. The topological polar surface area (TPSA) is 66.8 Å². The number of amides is 1. The molecule has 1 atom stereocenters. The minimum absolute atomic E-state index is 0.0971. The van der Waals surface area contributed by atoms with Crippen LogP contribution in [0.3, 0.4) is 0 Å². The van der Waals surface area contributed by atoms with E-state index < -0.39 is 17.5 Å². The summed E-state index contributed by atoms with van der Waals surface area (Å²) in [6.45, 7) is 0.650. The summed E-state index contributed by atoms with van der Waals surface area (Å²) in [5.74, 6) is -0.766. The molecule has 27 heavy (non-hydrogen) atoms. The third-order valence-corrected chi connectivity index (χ3v) is 5.90. The van der Waals surface area contributed by atoms with Gasteiger partial charge in [-0.25, -0.2) is 9.97 Å². The van der Waals surface area contributed by atoms with Gasteiger partial charge in [0.25, 0.3) is 0 Å². The molecule has 1 N–H and O–H groups in total. The van der Waals surface area contributed by atoms with E-state index in [9.17, 15) is 18.0 Å². The molecule has 1 unspecified atom stereocenters. The summed E-state index contributed by atoms with van der Waals surface area (Å²) in [4.78, 5) is 25.8. The first-order valence-electron chi connectivity index (χ1n) is 9.05. The van der Waals surface area contributed by atoms with Crippen LogP contribution in [0.5, 0.6) is 0 Å². The van der Waals surface area contributed by atoms with Crippen molar-refractivity contribution in [2.24, 2.45) is 5.41 Å². The van der Waals surface area contributed by atoms with Gasteiger partial charge in [-0.1, -0.05) is 0 Å². The molecule has 5 rings (SSSR count). The van der Waals surface area contributed by atoms with Gasteiger partial charge in [0, 0.05) is 24.7 Å². The van der Waals surface area contributed by atoms with Crippen LogP contribution in [-0.4, -0.2) is 49.6 Å². The highest BCUT2D eigenvalue weighted by Gasteiger charge is 2.69. The van der Waals surface area contributed by atoms with Crippen LogP contribution in [0.1, 0.15) is 31.7 Å². The Balaban J connectivity index is 1.48. The summed E-state index contributed by atoms with van der Waals surface area (Å²) in [6.07, 6.45) is 1.98. The number of carbonyl (C=O) groups excluding carboxylic acids is 1. The Bertz CT molecular complexity index is 1030. The quantitative estimate of drug-likeness (QED) is 0.744. The van der Waals surface area contributed by atoms with Crippen molar-refractivity contribution in [1.82, 2.24) is 24.4 Å². The summed E-state index contributed by atoms with van der Waals surface area (Å²) < 4.78 is 42.0. The lowest BCUT2D eigenvalue weighted by Gasteiger charge is -2.36. The number of nitrogens with one attached hydrogen (secondary N) is 1. The predicted molar refractivity (Wildman–Crippen MR) is 92.0 cm³/mol. The molecular formula is C18H18F3N5O. The third kappa shape index (κ3) is 2.36. The van der Waals surface area contributed by atoms with Crippen molar-refractivity contribution in [3.05, 3.63) is 24.8 Å². The van der Waals surface area contributed by atoms with Crippen molar-refractivity contribution in [1.29, 1.82) is 0 Å². The Morgan fingerprint density at radius 1 is 1.30 bits per heavy atom. The molecule has 4 heterocycles. The van der Waals surface area contributed by atoms with E-state index in [0.717, 1.165) is 28.5 Å². The Hall–Kier alpha value is -2.58. The summed E-state index contributed by atoms with van der Waals surface area (Å²) in [5, 5.41) is 0.919. The van der Waals surface area contributed by atoms with Gasteiger partial charge in [0.05, 0.1) is 24.1 Å². The van der Waals surface area contributed by atoms with E-state index in [0.29, 0.717) is 13.0 Å². The average Bonchev–Trinajstić information content (AvgIpc) is 3.15. The number of pyridine rings is 1. The third-order valence-electron chi connectivity index (χ3n) is 5.90.